The van der Waals surface area contributed by atoms with Crippen LogP contribution in [-0.4, -0.2) is 99.0 Å². The highest BCUT2D eigenvalue weighted by atomic mass is 16.5. The van der Waals surface area contributed by atoms with Gasteiger partial charge in [0.05, 0.1) is 6.07 Å². The molecular weight excluding hydrogens is 755 g/mol. The predicted molar refractivity (Wildman–Crippen MR) is 226 cm³/mol. The van der Waals surface area contributed by atoms with Gasteiger partial charge < -0.3 is 52.8 Å². The molecule has 1 aliphatic heterocycles. The minimum Gasteiger partial charge on any atom is -0.492 e. The van der Waals surface area contributed by atoms with Gasteiger partial charge in [0.1, 0.15) is 55.4 Å². The van der Waals surface area contributed by atoms with Crippen LogP contribution < -0.4 is 47.9 Å². The fourth-order valence-corrected chi connectivity index (χ4v) is 6.99. The monoisotopic (exact) mass is 820 g/mol. The first-order chi connectivity index (χ1) is 28.5. The highest BCUT2D eigenvalue weighted by molar-refractivity contribution is 5.96. The topological polar surface area (TPSA) is 257 Å². The van der Waals surface area contributed by atoms with Gasteiger partial charge in [0.25, 0.3) is 0 Å². The number of hydrogen-bond donors (Lipinski definition) is 7. The Kier molecular flexibility index (Phi) is 21.2. The van der Waals surface area contributed by atoms with E-state index in [0.717, 1.165) is 19.3 Å². The van der Waals surface area contributed by atoms with Crippen LogP contribution >= 0.6 is 0 Å². The van der Waals surface area contributed by atoms with Gasteiger partial charge in [-0.05, 0) is 61.7 Å². The number of fused-ring (bicyclic) bond motifs is 5. The standard InChI is InChI=1S/C43H65N9O7/c1-4-5-6-7-8-9-10-11-12-13-38(53)50-34(18-19-44)43(57)52(3)39-31-15-17-37(59-25-22-47)33(28-31)32-26-30(14-16-36(32)58-24-21-46)27-35(41(55)48-23-20-45)51-40(54)29(2)49-42(39)56/h14-17,26,28-29,34-35,39H,4-13,18-19,21-25,27,44,46-47H2,1-3H3,(H,48,55)(H,49,56)(H,50,53)(H,51,54)/t29-,34-,35-,39-/m0/s1. The maximum Gasteiger partial charge on any atom is 0.248 e. The fourth-order valence-electron chi connectivity index (χ4n) is 6.99. The molecule has 4 bridgehead atoms. The SMILES string of the molecule is CCCCCCCCCCCC(=O)N[C@@H](CCN)C(=O)N(C)[C@@H]1C(=O)N[C@@H](C)C(=O)N[C@H](C(=O)NCC#N)Cc2ccc(OCCN)c(c2)-c2cc1ccc2OCCN. The Morgan fingerprint density at radius 3 is 2.08 bits per heavy atom. The summed E-state index contributed by atoms with van der Waals surface area (Å²) in [5, 5.41) is 19.9. The van der Waals surface area contributed by atoms with Gasteiger partial charge in [-0.2, -0.15) is 5.26 Å². The molecule has 3 rings (SSSR count). The molecule has 0 unspecified atom stereocenters. The third-order valence-corrected chi connectivity index (χ3v) is 10.2. The summed E-state index contributed by atoms with van der Waals surface area (Å²) in [6, 6.07) is 7.53. The number of unbranched alkanes of at least 4 members (excludes halogenated alkanes) is 8. The molecule has 2 aromatic rings. The lowest BCUT2D eigenvalue weighted by Gasteiger charge is -2.32. The summed E-state index contributed by atoms with van der Waals surface area (Å²) in [4.78, 5) is 70.0. The van der Waals surface area contributed by atoms with Crippen LogP contribution in [0.25, 0.3) is 11.1 Å². The van der Waals surface area contributed by atoms with Gasteiger partial charge in [0, 0.05) is 44.1 Å². The van der Waals surface area contributed by atoms with E-state index in [1.165, 1.54) is 51.0 Å². The lowest BCUT2D eigenvalue weighted by Crippen LogP contribution is -2.56. The van der Waals surface area contributed by atoms with Crippen LogP contribution in [0.2, 0.25) is 0 Å². The van der Waals surface area contributed by atoms with E-state index in [2.05, 4.69) is 28.2 Å². The number of likely N-dealkylation sites (N-methyl/N-ethyl adjacent to an activating group) is 1. The molecule has 4 atom stereocenters. The first-order valence-corrected chi connectivity index (χ1v) is 20.9. The molecule has 1 aliphatic rings. The van der Waals surface area contributed by atoms with Crippen molar-refractivity contribution < 1.29 is 33.4 Å². The van der Waals surface area contributed by atoms with E-state index >= 15 is 0 Å². The van der Waals surface area contributed by atoms with Crippen molar-refractivity contribution in [3.05, 3.63) is 47.5 Å². The number of rotatable bonds is 23. The number of ether oxygens (including phenoxy) is 2. The molecule has 0 radical (unpaired) electrons. The van der Waals surface area contributed by atoms with Gasteiger partial charge in [-0.15, -0.1) is 0 Å². The number of nitrogens with zero attached hydrogens (tertiary/aromatic N) is 2. The number of carbonyl (C=O) groups excluding carboxylic acids is 5. The van der Waals surface area contributed by atoms with Crippen molar-refractivity contribution in [2.45, 2.75) is 115 Å². The third kappa shape index (κ3) is 15.1. The molecule has 0 fully saturated rings. The van der Waals surface area contributed by atoms with Gasteiger partial charge >= 0.3 is 0 Å². The molecule has 0 aromatic heterocycles. The summed E-state index contributed by atoms with van der Waals surface area (Å²) in [6.07, 6.45) is 10.3. The molecule has 0 spiro atoms. The lowest BCUT2D eigenvalue weighted by molar-refractivity contribution is -0.143. The average Bonchev–Trinajstić information content (AvgIpc) is 3.22. The second-order valence-corrected chi connectivity index (χ2v) is 14.9. The van der Waals surface area contributed by atoms with Gasteiger partial charge in [-0.1, -0.05) is 70.4 Å². The Balaban J connectivity index is 2.05. The summed E-state index contributed by atoms with van der Waals surface area (Å²) in [7, 11) is 1.46. The summed E-state index contributed by atoms with van der Waals surface area (Å²) < 4.78 is 12.1. The van der Waals surface area contributed by atoms with Crippen molar-refractivity contribution in [1.29, 1.82) is 5.26 Å². The van der Waals surface area contributed by atoms with E-state index < -0.39 is 47.8 Å². The number of hydrogen-bond acceptors (Lipinski definition) is 11. The summed E-state index contributed by atoms with van der Waals surface area (Å²) in [6.45, 7) is 4.24. The number of benzene rings is 2. The van der Waals surface area contributed by atoms with Gasteiger partial charge in [-0.25, -0.2) is 0 Å². The molecule has 2 aromatic carbocycles. The van der Waals surface area contributed by atoms with Crippen LogP contribution in [0.3, 0.4) is 0 Å². The maximum atomic E-state index is 14.4. The molecule has 16 nitrogen and oxygen atoms in total. The first-order valence-electron chi connectivity index (χ1n) is 20.9. The number of nitriles is 1. The minimum absolute atomic E-state index is 0.0275. The highest BCUT2D eigenvalue weighted by Crippen LogP contribution is 2.40. The second kappa shape index (κ2) is 26.0. The van der Waals surface area contributed by atoms with Crippen molar-refractivity contribution >= 4 is 29.5 Å². The second-order valence-electron chi connectivity index (χ2n) is 14.9. The van der Waals surface area contributed by atoms with Crippen LogP contribution in [0.1, 0.15) is 102 Å². The largest absolute Gasteiger partial charge is 0.492 e. The molecule has 59 heavy (non-hydrogen) atoms. The van der Waals surface area contributed by atoms with Crippen LogP contribution in [0.5, 0.6) is 11.5 Å². The lowest BCUT2D eigenvalue weighted by atomic mass is 9.93. The first kappa shape index (κ1) is 48.1. The van der Waals surface area contributed by atoms with Crippen LogP contribution in [0.15, 0.2) is 36.4 Å². The number of nitrogens with two attached hydrogens (primary N) is 3. The Morgan fingerprint density at radius 2 is 1.47 bits per heavy atom. The third-order valence-electron chi connectivity index (χ3n) is 10.2. The minimum atomic E-state index is -1.32. The Hall–Kier alpha value is -5.24. The molecule has 1 heterocycles. The number of amides is 5. The summed E-state index contributed by atoms with van der Waals surface area (Å²) in [5.41, 5.74) is 19.6. The molecule has 324 valence electrons. The van der Waals surface area contributed by atoms with E-state index in [4.69, 9.17) is 31.9 Å². The van der Waals surface area contributed by atoms with Crippen molar-refractivity contribution in [3.8, 4) is 28.7 Å². The number of carbonyl (C=O) groups is 5. The molecule has 0 saturated carbocycles. The van der Waals surface area contributed by atoms with Crippen LogP contribution in [0.4, 0.5) is 0 Å². The quantitative estimate of drug-likeness (QED) is 0.0633. The molecule has 0 saturated heterocycles. The maximum absolute atomic E-state index is 14.4. The zero-order chi connectivity index (χ0) is 43.2. The van der Waals surface area contributed by atoms with Gasteiger partial charge in [-0.3, -0.25) is 24.0 Å². The van der Waals surface area contributed by atoms with Crippen molar-refractivity contribution in [3.63, 3.8) is 0 Å². The van der Waals surface area contributed by atoms with Crippen molar-refractivity contribution in [2.75, 3.05) is 46.4 Å². The Morgan fingerprint density at radius 1 is 0.864 bits per heavy atom. The average molecular weight is 820 g/mol. The van der Waals surface area contributed by atoms with Crippen LogP contribution in [0, 0.1) is 11.3 Å². The molecule has 16 heteroatoms. The van der Waals surface area contributed by atoms with Crippen LogP contribution in [-0.2, 0) is 30.4 Å². The van der Waals surface area contributed by atoms with E-state index in [1.807, 2.05) is 6.07 Å². The van der Waals surface area contributed by atoms with E-state index in [1.54, 1.807) is 36.4 Å². The van der Waals surface area contributed by atoms with Crippen molar-refractivity contribution in [2.24, 2.45) is 17.2 Å². The van der Waals surface area contributed by atoms with E-state index in [9.17, 15) is 24.0 Å². The predicted octanol–water partition coefficient (Wildman–Crippen LogP) is 2.47. The van der Waals surface area contributed by atoms with E-state index in [-0.39, 0.29) is 64.6 Å². The Labute approximate surface area is 348 Å². The van der Waals surface area contributed by atoms with Gasteiger partial charge in [0.2, 0.25) is 29.5 Å². The van der Waals surface area contributed by atoms with E-state index in [0.29, 0.717) is 40.2 Å². The summed E-state index contributed by atoms with van der Waals surface area (Å²) >= 11 is 0. The summed E-state index contributed by atoms with van der Waals surface area (Å²) in [5.74, 6) is -1.97. The molecule has 0 aliphatic carbocycles. The molecular formula is C43H65N9O7. The molecule has 5 amide bonds. The highest BCUT2D eigenvalue weighted by Gasteiger charge is 2.36. The zero-order valence-electron chi connectivity index (χ0n) is 35.0. The fraction of sp³-hybridized carbons (Fsp3) is 0.581. The Bertz CT molecular complexity index is 1730. The zero-order valence-corrected chi connectivity index (χ0v) is 35.0. The number of nitrogens with one attached hydrogen (secondary N) is 4. The normalized spacial score (nSPS) is 17.0. The van der Waals surface area contributed by atoms with Gasteiger partial charge in [0.15, 0.2) is 0 Å². The smallest absolute Gasteiger partial charge is 0.248 e. The van der Waals surface area contributed by atoms with Crippen molar-refractivity contribution in [1.82, 2.24) is 26.2 Å². The molecule has 10 N–H and O–H groups in total.